The molecule has 1 aliphatic rings. The summed E-state index contributed by atoms with van der Waals surface area (Å²) in [5, 5.41) is 11.3. The number of carbonyl (C=O) groups is 2. The van der Waals surface area contributed by atoms with Gasteiger partial charge in [-0.25, -0.2) is 4.79 Å². The van der Waals surface area contributed by atoms with Crippen LogP contribution in [-0.4, -0.2) is 29.6 Å². The molecule has 1 rings (SSSR count). The highest BCUT2D eigenvalue weighted by atomic mass is 16.5. The lowest BCUT2D eigenvalue weighted by molar-refractivity contribution is -0.141. The third kappa shape index (κ3) is 3.27. The van der Waals surface area contributed by atoms with Crippen molar-refractivity contribution in [2.45, 2.75) is 32.2 Å². The van der Waals surface area contributed by atoms with Crippen LogP contribution in [0.2, 0.25) is 0 Å². The lowest BCUT2D eigenvalue weighted by atomic mass is 10.1. The molecule has 0 bridgehead atoms. The summed E-state index contributed by atoms with van der Waals surface area (Å²) in [5.74, 6) is -1.34. The molecule has 0 spiro atoms. The predicted octanol–water partition coefficient (Wildman–Crippen LogP) is 0.660. The van der Waals surface area contributed by atoms with Crippen LogP contribution in [0.4, 0.5) is 0 Å². The SMILES string of the molecule is CCCC(NC(=O)C1=COCC1)C(=O)O. The number of carbonyl (C=O) groups excluding carboxylic acids is 1. The van der Waals surface area contributed by atoms with E-state index in [9.17, 15) is 9.59 Å². The van der Waals surface area contributed by atoms with Crippen LogP contribution >= 0.6 is 0 Å². The van der Waals surface area contributed by atoms with Gasteiger partial charge in [0.25, 0.3) is 5.91 Å². The number of aliphatic carboxylic acids is 1. The van der Waals surface area contributed by atoms with E-state index < -0.39 is 12.0 Å². The fourth-order valence-electron chi connectivity index (χ4n) is 1.35. The van der Waals surface area contributed by atoms with Crippen LogP contribution in [0.25, 0.3) is 0 Å². The summed E-state index contributed by atoms with van der Waals surface area (Å²) < 4.78 is 4.91. The average Bonchev–Trinajstić information content (AvgIpc) is 2.69. The van der Waals surface area contributed by atoms with Gasteiger partial charge in [-0.1, -0.05) is 13.3 Å². The van der Waals surface area contributed by atoms with Gasteiger partial charge < -0.3 is 15.2 Å². The molecule has 0 aromatic carbocycles. The molecule has 1 unspecified atom stereocenters. The van der Waals surface area contributed by atoms with Crippen LogP contribution in [0.3, 0.4) is 0 Å². The van der Waals surface area contributed by atoms with Gasteiger partial charge in [0.1, 0.15) is 6.04 Å². The molecule has 84 valence electrons. The Balaban J connectivity index is 2.50. The normalized spacial score (nSPS) is 16.5. The Hall–Kier alpha value is -1.52. The molecule has 1 aliphatic heterocycles. The van der Waals surface area contributed by atoms with E-state index in [-0.39, 0.29) is 5.91 Å². The van der Waals surface area contributed by atoms with E-state index >= 15 is 0 Å². The van der Waals surface area contributed by atoms with Gasteiger partial charge in [0, 0.05) is 6.42 Å². The van der Waals surface area contributed by atoms with Gasteiger partial charge in [0.15, 0.2) is 0 Å². The van der Waals surface area contributed by atoms with E-state index in [0.29, 0.717) is 31.4 Å². The first-order valence-corrected chi connectivity index (χ1v) is 4.99. The Labute approximate surface area is 88.1 Å². The van der Waals surface area contributed by atoms with Crippen molar-refractivity contribution in [3.05, 3.63) is 11.8 Å². The number of carboxylic acid groups (broad SMARTS) is 1. The summed E-state index contributed by atoms with van der Waals surface area (Å²) in [7, 11) is 0. The summed E-state index contributed by atoms with van der Waals surface area (Å²) in [4.78, 5) is 22.3. The number of amides is 1. The lowest BCUT2D eigenvalue weighted by Gasteiger charge is -2.13. The molecule has 1 amide bonds. The van der Waals surface area contributed by atoms with Crippen molar-refractivity contribution in [1.29, 1.82) is 0 Å². The van der Waals surface area contributed by atoms with E-state index in [4.69, 9.17) is 9.84 Å². The molecule has 0 aromatic rings. The minimum absolute atomic E-state index is 0.339. The molecule has 5 nitrogen and oxygen atoms in total. The van der Waals surface area contributed by atoms with Gasteiger partial charge in [0.2, 0.25) is 0 Å². The van der Waals surface area contributed by atoms with Crippen LogP contribution in [0.5, 0.6) is 0 Å². The van der Waals surface area contributed by atoms with Crippen molar-refractivity contribution in [2.24, 2.45) is 0 Å². The molecule has 5 heteroatoms. The maximum absolute atomic E-state index is 11.5. The second kappa shape index (κ2) is 5.38. The Morgan fingerprint density at radius 1 is 1.67 bits per heavy atom. The maximum Gasteiger partial charge on any atom is 0.326 e. The summed E-state index contributed by atoms with van der Waals surface area (Å²) in [6.45, 7) is 2.37. The molecule has 0 saturated carbocycles. The Morgan fingerprint density at radius 3 is 2.87 bits per heavy atom. The van der Waals surface area contributed by atoms with E-state index in [1.807, 2.05) is 6.92 Å². The fourth-order valence-corrected chi connectivity index (χ4v) is 1.35. The summed E-state index contributed by atoms with van der Waals surface area (Å²) in [6.07, 6.45) is 3.09. The topological polar surface area (TPSA) is 75.6 Å². The van der Waals surface area contributed by atoms with E-state index in [1.165, 1.54) is 6.26 Å². The molecule has 0 aliphatic carbocycles. The third-order valence-corrected chi connectivity index (χ3v) is 2.19. The van der Waals surface area contributed by atoms with E-state index in [2.05, 4.69) is 5.32 Å². The molecule has 0 saturated heterocycles. The van der Waals surface area contributed by atoms with Gasteiger partial charge in [0.05, 0.1) is 18.4 Å². The summed E-state index contributed by atoms with van der Waals surface area (Å²) in [5.41, 5.74) is 0.511. The second-order valence-corrected chi connectivity index (χ2v) is 3.42. The highest BCUT2D eigenvalue weighted by Crippen LogP contribution is 2.10. The number of ether oxygens (including phenoxy) is 1. The zero-order valence-corrected chi connectivity index (χ0v) is 8.66. The lowest BCUT2D eigenvalue weighted by Crippen LogP contribution is -2.41. The number of rotatable bonds is 5. The highest BCUT2D eigenvalue weighted by molar-refractivity contribution is 5.95. The minimum Gasteiger partial charge on any atom is -0.500 e. The second-order valence-electron chi connectivity index (χ2n) is 3.42. The molecular formula is C10H15NO4. The molecule has 1 heterocycles. The van der Waals surface area contributed by atoms with E-state index in [1.54, 1.807) is 0 Å². The first-order chi connectivity index (χ1) is 7.15. The first kappa shape index (κ1) is 11.6. The van der Waals surface area contributed by atoms with Crippen molar-refractivity contribution < 1.29 is 19.4 Å². The first-order valence-electron chi connectivity index (χ1n) is 4.99. The van der Waals surface area contributed by atoms with Crippen LogP contribution in [-0.2, 0) is 14.3 Å². The number of nitrogens with one attached hydrogen (secondary N) is 1. The molecular weight excluding hydrogens is 198 g/mol. The molecule has 0 aromatic heterocycles. The summed E-state index contributed by atoms with van der Waals surface area (Å²) >= 11 is 0. The van der Waals surface area contributed by atoms with Crippen LogP contribution in [0.1, 0.15) is 26.2 Å². The molecule has 2 N–H and O–H groups in total. The largest absolute Gasteiger partial charge is 0.500 e. The van der Waals surface area contributed by atoms with Crippen molar-refractivity contribution in [3.8, 4) is 0 Å². The highest BCUT2D eigenvalue weighted by Gasteiger charge is 2.22. The van der Waals surface area contributed by atoms with Gasteiger partial charge in [-0.05, 0) is 6.42 Å². The number of hydrogen-bond acceptors (Lipinski definition) is 3. The third-order valence-electron chi connectivity index (χ3n) is 2.19. The quantitative estimate of drug-likeness (QED) is 0.703. The minimum atomic E-state index is -0.996. The number of carboxylic acids is 1. The van der Waals surface area contributed by atoms with Crippen molar-refractivity contribution >= 4 is 11.9 Å². The van der Waals surface area contributed by atoms with Crippen LogP contribution in [0.15, 0.2) is 11.8 Å². The average molecular weight is 213 g/mol. The monoisotopic (exact) mass is 213 g/mol. The zero-order chi connectivity index (χ0) is 11.3. The van der Waals surface area contributed by atoms with Crippen LogP contribution in [0, 0.1) is 0 Å². The Morgan fingerprint density at radius 2 is 2.40 bits per heavy atom. The zero-order valence-electron chi connectivity index (χ0n) is 8.66. The van der Waals surface area contributed by atoms with Crippen molar-refractivity contribution in [1.82, 2.24) is 5.32 Å². The molecule has 0 radical (unpaired) electrons. The Kier molecular flexibility index (Phi) is 4.15. The van der Waals surface area contributed by atoms with Gasteiger partial charge in [-0.3, -0.25) is 4.79 Å². The molecule has 15 heavy (non-hydrogen) atoms. The molecule has 0 fully saturated rings. The smallest absolute Gasteiger partial charge is 0.326 e. The fraction of sp³-hybridized carbons (Fsp3) is 0.600. The van der Waals surface area contributed by atoms with Gasteiger partial charge >= 0.3 is 5.97 Å². The van der Waals surface area contributed by atoms with Crippen LogP contribution < -0.4 is 5.32 Å². The maximum atomic E-state index is 11.5. The number of hydrogen-bond donors (Lipinski definition) is 2. The van der Waals surface area contributed by atoms with E-state index in [0.717, 1.165) is 0 Å². The standard InChI is InChI=1S/C10H15NO4/c1-2-3-8(10(13)14)11-9(12)7-4-5-15-6-7/h6,8H,2-5H2,1H3,(H,11,12)(H,13,14). The predicted molar refractivity (Wildman–Crippen MR) is 53.1 cm³/mol. The van der Waals surface area contributed by atoms with Crippen molar-refractivity contribution in [3.63, 3.8) is 0 Å². The van der Waals surface area contributed by atoms with Gasteiger partial charge in [-0.2, -0.15) is 0 Å². The summed E-state index contributed by atoms with van der Waals surface area (Å²) in [6, 6.07) is -0.802. The van der Waals surface area contributed by atoms with Gasteiger partial charge in [-0.15, -0.1) is 0 Å². The molecule has 1 atom stereocenters. The Bertz CT molecular complexity index is 285. The van der Waals surface area contributed by atoms with Crippen molar-refractivity contribution in [2.75, 3.05) is 6.61 Å².